The maximum atomic E-state index is 12.3. The van der Waals surface area contributed by atoms with Crippen LogP contribution in [0.5, 0.6) is 0 Å². The van der Waals surface area contributed by atoms with E-state index >= 15 is 0 Å². The summed E-state index contributed by atoms with van der Waals surface area (Å²) in [5.41, 5.74) is 2.34. The minimum atomic E-state index is 0.239. The van der Waals surface area contributed by atoms with Gasteiger partial charge in [0.25, 0.3) is 0 Å². The predicted octanol–water partition coefficient (Wildman–Crippen LogP) is 2.89. The van der Waals surface area contributed by atoms with Crippen molar-refractivity contribution in [2.75, 3.05) is 19.3 Å². The fourth-order valence-electron chi connectivity index (χ4n) is 3.06. The summed E-state index contributed by atoms with van der Waals surface area (Å²) in [5, 5.41) is 8.48. The lowest BCUT2D eigenvalue weighted by Crippen LogP contribution is -2.51. The second-order valence-corrected chi connectivity index (χ2v) is 7.58. The van der Waals surface area contributed by atoms with E-state index in [1.807, 2.05) is 9.58 Å². The van der Waals surface area contributed by atoms with Crippen molar-refractivity contribution in [2.24, 2.45) is 0 Å². The number of amides is 1. The molecule has 6 heteroatoms. The third-order valence-electron chi connectivity index (χ3n) is 4.90. The van der Waals surface area contributed by atoms with Gasteiger partial charge in [0, 0.05) is 36.5 Å². The highest BCUT2D eigenvalue weighted by molar-refractivity contribution is 7.98. The Labute approximate surface area is 146 Å². The van der Waals surface area contributed by atoms with Crippen molar-refractivity contribution < 1.29 is 4.79 Å². The first-order valence-electron chi connectivity index (χ1n) is 8.55. The van der Waals surface area contributed by atoms with Gasteiger partial charge < -0.3 is 4.90 Å². The van der Waals surface area contributed by atoms with Gasteiger partial charge in [0.15, 0.2) is 0 Å². The van der Waals surface area contributed by atoms with Crippen LogP contribution in [-0.4, -0.2) is 45.1 Å². The zero-order valence-corrected chi connectivity index (χ0v) is 14.7. The molecular formula is C18H22N4OS. The van der Waals surface area contributed by atoms with E-state index in [2.05, 4.69) is 47.0 Å². The minimum absolute atomic E-state index is 0.239. The van der Waals surface area contributed by atoms with Gasteiger partial charge in [0.05, 0.1) is 11.7 Å². The highest BCUT2D eigenvalue weighted by atomic mass is 32.2. The van der Waals surface area contributed by atoms with Crippen molar-refractivity contribution >= 4 is 17.7 Å². The number of rotatable bonds is 6. The van der Waals surface area contributed by atoms with E-state index in [1.165, 1.54) is 23.3 Å². The zero-order chi connectivity index (χ0) is 16.5. The quantitative estimate of drug-likeness (QED) is 0.758. The smallest absolute Gasteiger partial charge is 0.223 e. The summed E-state index contributed by atoms with van der Waals surface area (Å²) in [6.45, 7) is 1.52. The Hall–Kier alpha value is -1.82. The first-order chi connectivity index (χ1) is 11.7. The molecule has 2 heterocycles. The summed E-state index contributed by atoms with van der Waals surface area (Å²) < 4.78 is 1.94. The summed E-state index contributed by atoms with van der Waals surface area (Å²) in [6, 6.07) is 8.77. The number of hydrogen-bond acceptors (Lipinski definition) is 4. The molecule has 1 aliphatic heterocycles. The van der Waals surface area contributed by atoms with Gasteiger partial charge in [-0.3, -0.25) is 4.79 Å². The standard InChI is InChI=1S/C18H22N4OS/c1-24-16-7-2-13(3-8-16)4-9-18(23)21-10-15(11-21)22-12-17(19-20-22)14-5-6-14/h2-3,7-8,12,14-15H,4-6,9-11H2,1H3. The van der Waals surface area contributed by atoms with E-state index in [-0.39, 0.29) is 5.91 Å². The van der Waals surface area contributed by atoms with Gasteiger partial charge >= 0.3 is 0 Å². The average Bonchev–Trinajstić information content (AvgIpc) is 3.31. The maximum Gasteiger partial charge on any atom is 0.223 e. The fraction of sp³-hybridized carbons (Fsp3) is 0.500. The van der Waals surface area contributed by atoms with E-state index in [0.717, 1.165) is 25.2 Å². The van der Waals surface area contributed by atoms with Crippen molar-refractivity contribution in [3.8, 4) is 0 Å². The van der Waals surface area contributed by atoms with Gasteiger partial charge in [-0.25, -0.2) is 4.68 Å². The number of aryl methyl sites for hydroxylation is 1. The Morgan fingerprint density at radius 2 is 2.00 bits per heavy atom. The van der Waals surface area contributed by atoms with Gasteiger partial charge in [-0.2, -0.15) is 0 Å². The highest BCUT2D eigenvalue weighted by Crippen LogP contribution is 2.39. The molecule has 2 fully saturated rings. The number of hydrogen-bond donors (Lipinski definition) is 0. The number of carbonyl (C=O) groups excluding carboxylic acids is 1. The van der Waals surface area contributed by atoms with Gasteiger partial charge in [-0.15, -0.1) is 16.9 Å². The molecule has 2 aliphatic rings. The molecule has 1 aromatic carbocycles. The van der Waals surface area contributed by atoms with Crippen LogP contribution in [0.3, 0.4) is 0 Å². The third-order valence-corrected chi connectivity index (χ3v) is 5.64. The third kappa shape index (κ3) is 3.34. The van der Waals surface area contributed by atoms with Crippen LogP contribution in [0.25, 0.3) is 0 Å². The largest absolute Gasteiger partial charge is 0.338 e. The van der Waals surface area contributed by atoms with Crippen LogP contribution < -0.4 is 0 Å². The van der Waals surface area contributed by atoms with Crippen molar-refractivity contribution in [1.29, 1.82) is 0 Å². The number of nitrogens with zero attached hydrogens (tertiary/aromatic N) is 4. The number of likely N-dealkylation sites (tertiary alicyclic amines) is 1. The number of carbonyl (C=O) groups is 1. The molecule has 2 aromatic rings. The van der Waals surface area contributed by atoms with Crippen LogP contribution in [0.2, 0.25) is 0 Å². The molecule has 126 valence electrons. The van der Waals surface area contributed by atoms with E-state index < -0.39 is 0 Å². The molecule has 1 amide bonds. The SMILES string of the molecule is CSc1ccc(CCC(=O)N2CC(n3cc(C4CC4)nn3)C2)cc1. The molecule has 4 rings (SSSR count). The summed E-state index contributed by atoms with van der Waals surface area (Å²) in [6.07, 6.45) is 8.01. The summed E-state index contributed by atoms with van der Waals surface area (Å²) in [4.78, 5) is 15.5. The van der Waals surface area contributed by atoms with Gasteiger partial charge in [0.1, 0.15) is 0 Å². The minimum Gasteiger partial charge on any atom is -0.338 e. The Kier molecular flexibility index (Phi) is 4.31. The molecule has 0 N–H and O–H groups in total. The molecule has 0 spiro atoms. The lowest BCUT2D eigenvalue weighted by molar-refractivity contribution is -0.137. The van der Waals surface area contributed by atoms with E-state index in [9.17, 15) is 4.79 Å². The van der Waals surface area contributed by atoms with Crippen LogP contribution in [0.15, 0.2) is 35.4 Å². The van der Waals surface area contributed by atoms with E-state index in [4.69, 9.17) is 0 Å². The molecular weight excluding hydrogens is 320 g/mol. The molecule has 5 nitrogen and oxygen atoms in total. The lowest BCUT2D eigenvalue weighted by Gasteiger charge is -2.39. The molecule has 1 aromatic heterocycles. The molecule has 0 radical (unpaired) electrons. The summed E-state index contributed by atoms with van der Waals surface area (Å²) in [7, 11) is 0. The number of aromatic nitrogens is 3. The fourth-order valence-corrected chi connectivity index (χ4v) is 3.47. The lowest BCUT2D eigenvalue weighted by atomic mass is 10.1. The first-order valence-corrected chi connectivity index (χ1v) is 9.78. The second kappa shape index (κ2) is 6.59. The molecule has 0 atom stereocenters. The topological polar surface area (TPSA) is 51.0 Å². The van der Waals surface area contributed by atoms with Crippen LogP contribution in [-0.2, 0) is 11.2 Å². The Morgan fingerprint density at radius 3 is 2.67 bits per heavy atom. The Bertz CT molecular complexity index is 717. The maximum absolute atomic E-state index is 12.3. The van der Waals surface area contributed by atoms with Crippen molar-refractivity contribution in [3.63, 3.8) is 0 Å². The summed E-state index contributed by atoms with van der Waals surface area (Å²) in [5.74, 6) is 0.872. The normalized spacial score (nSPS) is 17.8. The van der Waals surface area contributed by atoms with Gasteiger partial charge in [0.2, 0.25) is 5.91 Å². The Morgan fingerprint density at radius 1 is 1.25 bits per heavy atom. The van der Waals surface area contributed by atoms with E-state index in [1.54, 1.807) is 11.8 Å². The molecule has 1 saturated heterocycles. The van der Waals surface area contributed by atoms with Crippen LogP contribution in [0, 0.1) is 0 Å². The average molecular weight is 342 g/mol. The van der Waals surface area contributed by atoms with Crippen molar-refractivity contribution in [3.05, 3.63) is 41.7 Å². The van der Waals surface area contributed by atoms with Crippen LogP contribution >= 0.6 is 11.8 Å². The second-order valence-electron chi connectivity index (χ2n) is 6.70. The summed E-state index contributed by atoms with van der Waals surface area (Å²) >= 11 is 1.74. The van der Waals surface area contributed by atoms with Crippen molar-refractivity contribution in [1.82, 2.24) is 19.9 Å². The zero-order valence-electron chi connectivity index (χ0n) is 13.9. The van der Waals surface area contributed by atoms with Gasteiger partial charge in [-0.05, 0) is 43.2 Å². The first kappa shape index (κ1) is 15.7. The molecule has 0 bridgehead atoms. The Balaban J connectivity index is 1.24. The molecule has 24 heavy (non-hydrogen) atoms. The van der Waals surface area contributed by atoms with Crippen LogP contribution in [0.4, 0.5) is 0 Å². The predicted molar refractivity (Wildman–Crippen MR) is 94.2 cm³/mol. The monoisotopic (exact) mass is 342 g/mol. The number of thioether (sulfide) groups is 1. The van der Waals surface area contributed by atoms with Crippen LogP contribution in [0.1, 0.15) is 42.5 Å². The van der Waals surface area contributed by atoms with E-state index in [0.29, 0.717) is 18.4 Å². The molecule has 1 aliphatic carbocycles. The van der Waals surface area contributed by atoms with Crippen molar-refractivity contribution in [2.45, 2.75) is 42.5 Å². The van der Waals surface area contributed by atoms with Gasteiger partial charge in [-0.1, -0.05) is 17.3 Å². The number of benzene rings is 1. The highest BCUT2D eigenvalue weighted by Gasteiger charge is 2.34. The molecule has 0 unspecified atom stereocenters. The molecule has 1 saturated carbocycles.